The summed E-state index contributed by atoms with van der Waals surface area (Å²) in [6.45, 7) is 0. The fourth-order valence-electron chi connectivity index (χ4n) is 3.03. The number of nitrogens with zero attached hydrogens (tertiary/aromatic N) is 1. The molecule has 0 saturated heterocycles. The number of rotatable bonds is 4. The third-order valence-electron chi connectivity index (χ3n) is 4.51. The van der Waals surface area contributed by atoms with E-state index >= 15 is 0 Å². The molecule has 2 heterocycles. The van der Waals surface area contributed by atoms with Crippen molar-refractivity contribution in [1.29, 1.82) is 0 Å². The van der Waals surface area contributed by atoms with E-state index in [9.17, 15) is 18.4 Å². The molecule has 1 atom stereocenters. The molecule has 0 spiro atoms. The summed E-state index contributed by atoms with van der Waals surface area (Å²) in [4.78, 5) is 26.5. The molecule has 1 amide bonds. The molecule has 3 N–H and O–H groups in total. The molecule has 3 aromatic rings. The second kappa shape index (κ2) is 8.93. The number of aromatic amines is 1. The Balaban J connectivity index is 1.95. The fourth-order valence-corrected chi connectivity index (χ4v) is 3.03. The first-order valence-electron chi connectivity index (χ1n) is 8.95. The van der Waals surface area contributed by atoms with Gasteiger partial charge in [0.2, 0.25) is 0 Å². The number of nitrogens with two attached hydrogens (primary N) is 1. The number of nitrogens with one attached hydrogen (secondary N) is 1. The molecule has 0 aliphatic rings. The van der Waals surface area contributed by atoms with E-state index in [2.05, 4.69) is 28.7 Å². The van der Waals surface area contributed by atoms with E-state index < -0.39 is 23.5 Å². The molecule has 0 aliphatic heterocycles. The van der Waals surface area contributed by atoms with Crippen LogP contribution in [0.4, 0.5) is 8.78 Å². The Kier molecular flexibility index (Phi) is 6.14. The van der Waals surface area contributed by atoms with Gasteiger partial charge in [0.15, 0.2) is 0 Å². The summed E-state index contributed by atoms with van der Waals surface area (Å²) in [7, 11) is 1.58. The lowest BCUT2D eigenvalue weighted by atomic mass is 9.89. The summed E-state index contributed by atoms with van der Waals surface area (Å²) in [5, 5.41) is 0. The molecule has 3 rings (SSSR count). The van der Waals surface area contributed by atoms with Crippen molar-refractivity contribution >= 4 is 5.91 Å². The van der Waals surface area contributed by atoms with Gasteiger partial charge in [-0.15, -0.1) is 0 Å². The van der Waals surface area contributed by atoms with Crippen molar-refractivity contribution in [3.63, 3.8) is 0 Å². The highest BCUT2D eigenvalue weighted by atomic mass is 19.1. The zero-order chi connectivity index (χ0) is 21.7. The first kappa shape index (κ1) is 20.6. The molecule has 0 aliphatic carbocycles. The van der Waals surface area contributed by atoms with Crippen LogP contribution in [0.1, 0.15) is 39.5 Å². The number of primary amides is 1. The maximum atomic E-state index is 14.4. The van der Waals surface area contributed by atoms with Crippen LogP contribution < -0.4 is 11.3 Å². The van der Waals surface area contributed by atoms with E-state index in [0.29, 0.717) is 11.1 Å². The van der Waals surface area contributed by atoms with Gasteiger partial charge in [0.25, 0.3) is 11.5 Å². The Morgan fingerprint density at radius 3 is 2.77 bits per heavy atom. The fraction of sp³-hybridized carbons (Fsp3) is 0.130. The molecule has 0 bridgehead atoms. The molecule has 2 aromatic heterocycles. The summed E-state index contributed by atoms with van der Waals surface area (Å²) in [6, 6.07) is 7.93. The standard InChI is InChI=1S/C23H17F2N3O2/c1-28-13-5-8-18(23(28)30)17(19-14-16(24)9-10-20(19)25)7-4-2-3-6-15-11-12-27-21(15)22(26)29/h5,8-14,17,27H,7H2,1H3,(H2,26,29). The number of halogens is 2. The van der Waals surface area contributed by atoms with Gasteiger partial charge in [-0.2, -0.15) is 0 Å². The summed E-state index contributed by atoms with van der Waals surface area (Å²) in [5.74, 6) is 8.09. The molecule has 0 radical (unpaired) electrons. The molecule has 5 nitrogen and oxygen atoms in total. The second-order valence-corrected chi connectivity index (χ2v) is 6.48. The average molecular weight is 405 g/mol. The van der Waals surface area contributed by atoms with Gasteiger partial charge in [0.1, 0.15) is 17.3 Å². The minimum Gasteiger partial charge on any atom is -0.364 e. The minimum absolute atomic E-state index is 0.0437. The van der Waals surface area contributed by atoms with Crippen molar-refractivity contribution in [1.82, 2.24) is 9.55 Å². The summed E-state index contributed by atoms with van der Waals surface area (Å²) in [5.41, 5.74) is 5.84. The first-order chi connectivity index (χ1) is 14.4. The number of benzene rings is 1. The lowest BCUT2D eigenvalue weighted by Crippen LogP contribution is -2.23. The van der Waals surface area contributed by atoms with Gasteiger partial charge < -0.3 is 15.3 Å². The second-order valence-electron chi connectivity index (χ2n) is 6.48. The lowest BCUT2D eigenvalue weighted by Gasteiger charge is -2.16. The van der Waals surface area contributed by atoms with Crippen LogP contribution in [0, 0.1) is 35.3 Å². The summed E-state index contributed by atoms with van der Waals surface area (Å²) in [6.07, 6.45) is 3.16. The Hall–Kier alpha value is -4.10. The quantitative estimate of drug-likeness (QED) is 0.655. The number of aryl methyl sites for hydroxylation is 1. The van der Waals surface area contributed by atoms with E-state index in [0.717, 1.165) is 18.2 Å². The predicted molar refractivity (Wildman–Crippen MR) is 108 cm³/mol. The summed E-state index contributed by atoms with van der Waals surface area (Å²) < 4.78 is 29.5. The zero-order valence-electron chi connectivity index (χ0n) is 16.0. The van der Waals surface area contributed by atoms with Crippen LogP contribution in [0.25, 0.3) is 0 Å². The average Bonchev–Trinajstić information content (AvgIpc) is 3.18. The van der Waals surface area contributed by atoms with Gasteiger partial charge in [0.05, 0.1) is 5.56 Å². The Morgan fingerprint density at radius 1 is 1.20 bits per heavy atom. The van der Waals surface area contributed by atoms with Gasteiger partial charge in [-0.25, -0.2) is 8.78 Å². The molecule has 7 heteroatoms. The molecule has 1 unspecified atom stereocenters. The highest BCUT2D eigenvalue weighted by Gasteiger charge is 2.21. The van der Waals surface area contributed by atoms with E-state index in [4.69, 9.17) is 5.73 Å². The molecular formula is C23H17F2N3O2. The number of amides is 1. The van der Waals surface area contributed by atoms with Crippen LogP contribution in [-0.4, -0.2) is 15.5 Å². The first-order valence-corrected chi connectivity index (χ1v) is 8.95. The normalized spacial score (nSPS) is 11.0. The molecule has 1 aromatic carbocycles. The highest BCUT2D eigenvalue weighted by molar-refractivity contribution is 5.93. The Labute approximate surface area is 171 Å². The molecular weight excluding hydrogens is 388 g/mol. The van der Waals surface area contributed by atoms with Gasteiger partial charge in [0, 0.05) is 37.3 Å². The number of carbonyl (C=O) groups excluding carboxylic acids is 1. The van der Waals surface area contributed by atoms with Gasteiger partial charge in [-0.1, -0.05) is 17.9 Å². The van der Waals surface area contributed by atoms with Gasteiger partial charge >= 0.3 is 0 Å². The Morgan fingerprint density at radius 2 is 2.00 bits per heavy atom. The minimum atomic E-state index is -0.775. The monoisotopic (exact) mass is 405 g/mol. The van der Waals surface area contributed by atoms with Crippen molar-refractivity contribution < 1.29 is 13.6 Å². The topological polar surface area (TPSA) is 80.9 Å². The van der Waals surface area contributed by atoms with Crippen molar-refractivity contribution in [3.8, 4) is 23.7 Å². The van der Waals surface area contributed by atoms with Crippen molar-refractivity contribution in [2.45, 2.75) is 12.3 Å². The summed E-state index contributed by atoms with van der Waals surface area (Å²) >= 11 is 0. The van der Waals surface area contributed by atoms with Crippen LogP contribution in [0.3, 0.4) is 0 Å². The van der Waals surface area contributed by atoms with Crippen LogP contribution in [0.5, 0.6) is 0 Å². The van der Waals surface area contributed by atoms with Crippen molar-refractivity contribution in [2.75, 3.05) is 0 Å². The van der Waals surface area contributed by atoms with Crippen molar-refractivity contribution in [3.05, 3.63) is 93.2 Å². The zero-order valence-corrected chi connectivity index (χ0v) is 16.0. The molecule has 150 valence electrons. The van der Waals surface area contributed by atoms with E-state index in [-0.39, 0.29) is 23.2 Å². The Bertz CT molecular complexity index is 1280. The number of H-pyrrole nitrogens is 1. The maximum Gasteiger partial charge on any atom is 0.266 e. The third-order valence-corrected chi connectivity index (χ3v) is 4.51. The van der Waals surface area contributed by atoms with E-state index in [1.165, 1.54) is 10.8 Å². The number of carbonyl (C=O) groups is 1. The highest BCUT2D eigenvalue weighted by Crippen LogP contribution is 2.28. The van der Waals surface area contributed by atoms with E-state index in [1.807, 2.05) is 0 Å². The number of aromatic nitrogens is 2. The smallest absolute Gasteiger partial charge is 0.266 e. The van der Waals surface area contributed by atoms with Crippen molar-refractivity contribution in [2.24, 2.45) is 12.8 Å². The van der Waals surface area contributed by atoms with Crippen LogP contribution >= 0.6 is 0 Å². The molecule has 30 heavy (non-hydrogen) atoms. The molecule has 0 fully saturated rings. The van der Waals surface area contributed by atoms with Crippen LogP contribution in [0.2, 0.25) is 0 Å². The third kappa shape index (κ3) is 4.48. The molecule has 0 saturated carbocycles. The predicted octanol–water partition coefficient (Wildman–Crippen LogP) is 2.67. The van der Waals surface area contributed by atoms with Crippen LogP contribution in [-0.2, 0) is 7.05 Å². The SMILES string of the molecule is Cn1cccc(C(CC#CC#Cc2cc[nH]c2C(N)=O)c2cc(F)ccc2F)c1=O. The number of hydrogen-bond donors (Lipinski definition) is 2. The maximum absolute atomic E-state index is 14.4. The van der Waals surface area contributed by atoms with Gasteiger partial charge in [-0.3, -0.25) is 9.59 Å². The largest absolute Gasteiger partial charge is 0.364 e. The van der Waals surface area contributed by atoms with Crippen LogP contribution in [0.15, 0.2) is 53.6 Å². The van der Waals surface area contributed by atoms with Gasteiger partial charge in [-0.05, 0) is 47.7 Å². The number of pyridine rings is 1. The number of hydrogen-bond acceptors (Lipinski definition) is 2. The lowest BCUT2D eigenvalue weighted by molar-refractivity contribution is 0.0996. The van der Waals surface area contributed by atoms with E-state index in [1.54, 1.807) is 31.4 Å².